The third-order valence-corrected chi connectivity index (χ3v) is 5.00. The van der Waals surface area contributed by atoms with Crippen LogP contribution >= 0.6 is 23.1 Å². The first kappa shape index (κ1) is 15.7. The molecule has 4 nitrogen and oxygen atoms in total. The molecule has 3 N–H and O–H groups in total. The van der Waals surface area contributed by atoms with Crippen LogP contribution in [0.15, 0.2) is 39.9 Å². The number of thioether (sulfide) groups is 1. The number of rotatable bonds is 7. The Kier molecular flexibility index (Phi) is 5.95. The second-order valence-electron chi connectivity index (χ2n) is 4.39. The molecule has 1 aromatic carbocycles. The third kappa shape index (κ3) is 4.99. The SMILES string of the molecule is COc1ccc(N)cc1NC(=O)CCCSc1cccs1. The molecule has 0 saturated carbocycles. The minimum Gasteiger partial charge on any atom is -0.495 e. The topological polar surface area (TPSA) is 64.3 Å². The molecular formula is C15H18N2O2S2. The Morgan fingerprint density at radius 3 is 3.00 bits per heavy atom. The standard InChI is InChI=1S/C15H18N2O2S2/c1-19-13-7-6-11(16)10-12(13)17-14(18)4-2-8-20-15-5-3-9-21-15/h3,5-7,9-10H,2,4,8,16H2,1H3,(H,17,18). The number of anilines is 2. The van der Waals surface area contributed by atoms with Crippen LogP contribution in [0.4, 0.5) is 11.4 Å². The maximum Gasteiger partial charge on any atom is 0.224 e. The summed E-state index contributed by atoms with van der Waals surface area (Å²) in [4.78, 5) is 11.9. The Labute approximate surface area is 132 Å². The summed E-state index contributed by atoms with van der Waals surface area (Å²) in [5.41, 5.74) is 6.94. The Hall–Kier alpha value is -1.66. The normalized spacial score (nSPS) is 10.3. The van der Waals surface area contributed by atoms with Gasteiger partial charge in [-0.15, -0.1) is 23.1 Å². The number of amides is 1. The number of hydrogen-bond donors (Lipinski definition) is 2. The van der Waals surface area contributed by atoms with Crippen LogP contribution in [0.25, 0.3) is 0 Å². The number of hydrogen-bond acceptors (Lipinski definition) is 5. The molecule has 1 amide bonds. The van der Waals surface area contributed by atoms with Crippen molar-refractivity contribution in [1.82, 2.24) is 0 Å². The van der Waals surface area contributed by atoms with Crippen LogP contribution in [0.2, 0.25) is 0 Å². The highest BCUT2D eigenvalue weighted by molar-refractivity contribution is 8.01. The van der Waals surface area contributed by atoms with Gasteiger partial charge in [-0.25, -0.2) is 0 Å². The Morgan fingerprint density at radius 2 is 2.29 bits per heavy atom. The molecule has 0 bridgehead atoms. The molecule has 112 valence electrons. The van der Waals surface area contributed by atoms with Gasteiger partial charge < -0.3 is 15.8 Å². The molecule has 2 aromatic rings. The maximum absolute atomic E-state index is 11.9. The van der Waals surface area contributed by atoms with Crippen molar-refractivity contribution in [3.05, 3.63) is 35.7 Å². The number of carbonyl (C=O) groups is 1. The van der Waals surface area contributed by atoms with Crippen molar-refractivity contribution in [2.24, 2.45) is 0 Å². The number of thiophene rings is 1. The molecular weight excluding hydrogens is 304 g/mol. The van der Waals surface area contributed by atoms with Gasteiger partial charge in [0.25, 0.3) is 0 Å². The molecule has 0 aliphatic carbocycles. The van der Waals surface area contributed by atoms with Crippen LogP contribution in [0.1, 0.15) is 12.8 Å². The summed E-state index contributed by atoms with van der Waals surface area (Å²) in [6.07, 6.45) is 1.31. The second-order valence-corrected chi connectivity index (χ2v) is 6.73. The minimum atomic E-state index is -0.0225. The Balaban J connectivity index is 1.77. The number of benzene rings is 1. The van der Waals surface area contributed by atoms with E-state index in [9.17, 15) is 4.79 Å². The molecule has 1 aromatic heterocycles. The molecule has 1 heterocycles. The molecule has 0 unspecified atom stereocenters. The summed E-state index contributed by atoms with van der Waals surface area (Å²) in [5.74, 6) is 1.53. The van der Waals surface area contributed by atoms with Gasteiger partial charge in [-0.3, -0.25) is 4.79 Å². The lowest BCUT2D eigenvalue weighted by Gasteiger charge is -2.10. The van der Waals surface area contributed by atoms with Gasteiger partial charge in [0.05, 0.1) is 17.0 Å². The smallest absolute Gasteiger partial charge is 0.224 e. The number of ether oxygens (including phenoxy) is 1. The molecule has 0 spiro atoms. The summed E-state index contributed by atoms with van der Waals surface area (Å²) in [6.45, 7) is 0. The second kappa shape index (κ2) is 7.95. The summed E-state index contributed by atoms with van der Waals surface area (Å²) >= 11 is 3.50. The lowest BCUT2D eigenvalue weighted by Crippen LogP contribution is -2.12. The summed E-state index contributed by atoms with van der Waals surface area (Å²) in [7, 11) is 1.57. The zero-order valence-corrected chi connectivity index (χ0v) is 13.4. The monoisotopic (exact) mass is 322 g/mol. The van der Waals surface area contributed by atoms with Crippen LogP contribution in [0.5, 0.6) is 5.75 Å². The van der Waals surface area contributed by atoms with Crippen molar-refractivity contribution in [1.29, 1.82) is 0 Å². The molecule has 6 heteroatoms. The number of carbonyl (C=O) groups excluding carboxylic acids is 1. The van der Waals surface area contributed by atoms with E-state index in [1.807, 2.05) is 6.07 Å². The summed E-state index contributed by atoms with van der Waals surface area (Å²) in [5, 5.41) is 4.90. The fourth-order valence-electron chi connectivity index (χ4n) is 1.79. The fourth-order valence-corrected chi connectivity index (χ4v) is 3.59. The lowest BCUT2D eigenvalue weighted by molar-refractivity contribution is -0.116. The van der Waals surface area contributed by atoms with Gasteiger partial charge in [0.2, 0.25) is 5.91 Å². The first-order chi connectivity index (χ1) is 10.2. The van der Waals surface area contributed by atoms with Crippen molar-refractivity contribution in [2.45, 2.75) is 17.1 Å². The first-order valence-corrected chi connectivity index (χ1v) is 8.45. The van der Waals surface area contributed by atoms with E-state index < -0.39 is 0 Å². The zero-order valence-electron chi connectivity index (χ0n) is 11.8. The van der Waals surface area contributed by atoms with E-state index in [0.29, 0.717) is 23.5 Å². The van der Waals surface area contributed by atoms with Crippen LogP contribution in [0.3, 0.4) is 0 Å². The Morgan fingerprint density at radius 1 is 1.43 bits per heavy atom. The minimum absolute atomic E-state index is 0.0225. The van der Waals surface area contributed by atoms with Crippen molar-refractivity contribution >= 4 is 40.4 Å². The van der Waals surface area contributed by atoms with E-state index in [4.69, 9.17) is 10.5 Å². The van der Waals surface area contributed by atoms with Gasteiger partial charge in [-0.2, -0.15) is 0 Å². The van der Waals surface area contributed by atoms with E-state index in [-0.39, 0.29) is 5.91 Å². The molecule has 2 rings (SSSR count). The molecule has 0 fully saturated rings. The van der Waals surface area contributed by atoms with Crippen LogP contribution < -0.4 is 15.8 Å². The van der Waals surface area contributed by atoms with Crippen LogP contribution in [0, 0.1) is 0 Å². The molecule has 0 atom stereocenters. The van der Waals surface area contributed by atoms with Crippen molar-refractivity contribution in [3.63, 3.8) is 0 Å². The van der Waals surface area contributed by atoms with E-state index in [0.717, 1.165) is 12.2 Å². The first-order valence-electron chi connectivity index (χ1n) is 6.58. The van der Waals surface area contributed by atoms with Gasteiger partial charge in [-0.1, -0.05) is 6.07 Å². The highest BCUT2D eigenvalue weighted by Gasteiger charge is 2.08. The average molecular weight is 322 g/mol. The number of nitrogens with one attached hydrogen (secondary N) is 1. The van der Waals surface area contributed by atoms with E-state index in [1.165, 1.54) is 4.21 Å². The maximum atomic E-state index is 11.9. The van der Waals surface area contributed by atoms with Gasteiger partial charge >= 0.3 is 0 Å². The highest BCUT2D eigenvalue weighted by Crippen LogP contribution is 2.27. The predicted octanol–water partition coefficient (Wildman–Crippen LogP) is 3.85. The quantitative estimate of drug-likeness (QED) is 0.462. The predicted molar refractivity (Wildman–Crippen MR) is 90.3 cm³/mol. The van der Waals surface area contributed by atoms with Gasteiger partial charge in [0.1, 0.15) is 5.75 Å². The number of nitrogen functional groups attached to an aromatic ring is 1. The Bertz CT molecular complexity index is 585. The average Bonchev–Trinajstić information content (AvgIpc) is 2.97. The molecule has 21 heavy (non-hydrogen) atoms. The van der Waals surface area contributed by atoms with Crippen LogP contribution in [-0.2, 0) is 4.79 Å². The van der Waals surface area contributed by atoms with E-state index in [2.05, 4.69) is 16.8 Å². The molecule has 0 aliphatic heterocycles. The van der Waals surface area contributed by atoms with Crippen molar-refractivity contribution < 1.29 is 9.53 Å². The molecule has 0 radical (unpaired) electrons. The number of nitrogens with two attached hydrogens (primary N) is 1. The van der Waals surface area contributed by atoms with Gasteiger partial charge in [0.15, 0.2) is 0 Å². The van der Waals surface area contributed by atoms with Crippen LogP contribution in [-0.4, -0.2) is 18.8 Å². The molecule has 0 aliphatic rings. The van der Waals surface area contributed by atoms with Crippen molar-refractivity contribution in [3.8, 4) is 5.75 Å². The highest BCUT2D eigenvalue weighted by atomic mass is 32.2. The lowest BCUT2D eigenvalue weighted by atomic mass is 10.2. The third-order valence-electron chi connectivity index (χ3n) is 2.79. The van der Waals surface area contributed by atoms with Crippen molar-refractivity contribution in [2.75, 3.05) is 23.9 Å². The van der Waals surface area contributed by atoms with Gasteiger partial charge in [-0.05, 0) is 41.8 Å². The fraction of sp³-hybridized carbons (Fsp3) is 0.267. The summed E-state index contributed by atoms with van der Waals surface area (Å²) in [6, 6.07) is 9.32. The number of methoxy groups -OCH3 is 1. The van der Waals surface area contributed by atoms with Gasteiger partial charge in [0, 0.05) is 12.1 Å². The zero-order chi connectivity index (χ0) is 15.1. The molecule has 0 saturated heterocycles. The van der Waals surface area contributed by atoms with E-state index in [1.54, 1.807) is 48.4 Å². The summed E-state index contributed by atoms with van der Waals surface area (Å²) < 4.78 is 6.49. The largest absolute Gasteiger partial charge is 0.495 e. The van der Waals surface area contributed by atoms with E-state index >= 15 is 0 Å².